The molecule has 0 saturated heterocycles. The summed E-state index contributed by atoms with van der Waals surface area (Å²) in [5.74, 6) is -1.14. The minimum atomic E-state index is -0.649. The highest BCUT2D eigenvalue weighted by Crippen LogP contribution is 2.19. The van der Waals surface area contributed by atoms with Crippen molar-refractivity contribution < 1.29 is 9.18 Å². The van der Waals surface area contributed by atoms with Crippen molar-refractivity contribution in [1.29, 1.82) is 0 Å². The largest absolute Gasteiger partial charge is 0.378 e. The number of primary amides is 1. The second-order valence-corrected chi connectivity index (χ2v) is 2.46. The summed E-state index contributed by atoms with van der Waals surface area (Å²) < 4.78 is 13.1. The summed E-state index contributed by atoms with van der Waals surface area (Å²) in [4.78, 5) is 10.9. The third-order valence-electron chi connectivity index (χ3n) is 1.57. The number of para-hydroxylation sites is 1. The maximum Gasteiger partial charge on any atom is 0.250 e. The van der Waals surface area contributed by atoms with Gasteiger partial charge in [-0.05, 0) is 19.1 Å². The first-order chi connectivity index (χ1) is 6.16. The van der Waals surface area contributed by atoms with Crippen LogP contribution in [0.2, 0.25) is 0 Å². The molecule has 13 heavy (non-hydrogen) atoms. The Morgan fingerprint density at radius 2 is 2.31 bits per heavy atom. The fraction of sp³-hybridized carbons (Fsp3) is 0.111. The first-order valence-corrected chi connectivity index (χ1v) is 3.79. The fourth-order valence-electron chi connectivity index (χ4n) is 1.02. The van der Waals surface area contributed by atoms with Crippen molar-refractivity contribution >= 4 is 11.6 Å². The first kappa shape index (κ1) is 9.51. The number of hydrogen-bond donors (Lipinski definition) is 2. The number of rotatable bonds is 3. The van der Waals surface area contributed by atoms with Crippen molar-refractivity contribution in [2.45, 2.75) is 6.92 Å². The average molecular weight is 181 g/mol. The van der Waals surface area contributed by atoms with Gasteiger partial charge in [0, 0.05) is 6.54 Å². The summed E-state index contributed by atoms with van der Waals surface area (Å²) in [6.45, 7) is 3.22. The van der Waals surface area contributed by atoms with Crippen LogP contribution in [-0.4, -0.2) is 5.91 Å². The number of nitrogens with one attached hydrogen (secondary N) is 1. The van der Waals surface area contributed by atoms with Gasteiger partial charge in [0.1, 0.15) is 5.82 Å². The van der Waals surface area contributed by atoms with Gasteiger partial charge >= 0.3 is 0 Å². The van der Waals surface area contributed by atoms with Crippen LogP contribution in [0.3, 0.4) is 0 Å². The Hall–Kier alpha value is -1.58. The molecule has 1 rings (SSSR count). The topological polar surface area (TPSA) is 55.1 Å². The quantitative estimate of drug-likeness (QED) is 0.742. The molecule has 0 saturated carbocycles. The second kappa shape index (κ2) is 3.89. The Labute approximate surface area is 75.7 Å². The monoisotopic (exact) mass is 181 g/mol. The molecule has 0 unspecified atom stereocenters. The average Bonchev–Trinajstić information content (AvgIpc) is 2.08. The summed E-state index contributed by atoms with van der Waals surface area (Å²) in [5.41, 5.74) is 5.33. The van der Waals surface area contributed by atoms with Crippen molar-refractivity contribution in [3.05, 3.63) is 36.1 Å². The lowest BCUT2D eigenvalue weighted by atomic mass is 10.1. The van der Waals surface area contributed by atoms with Gasteiger partial charge in [0.25, 0.3) is 5.91 Å². The third-order valence-corrected chi connectivity index (χ3v) is 1.57. The standard InChI is InChI=1S/C9H10FN2O/c1-2-12-8-6(9(11)13)4-3-5-7(8)10/h2-5,12H,1H3,(H2,11,13). The molecule has 3 nitrogen and oxygen atoms in total. The maximum atomic E-state index is 13.1. The molecule has 0 spiro atoms. The van der Waals surface area contributed by atoms with Gasteiger partial charge in [-0.15, -0.1) is 0 Å². The number of anilines is 1. The van der Waals surface area contributed by atoms with Gasteiger partial charge in [-0.3, -0.25) is 4.79 Å². The van der Waals surface area contributed by atoms with E-state index in [1.807, 2.05) is 0 Å². The summed E-state index contributed by atoms with van der Waals surface area (Å²) in [6, 6.07) is 4.17. The molecule has 0 heterocycles. The molecule has 0 fully saturated rings. The van der Waals surface area contributed by atoms with E-state index in [2.05, 4.69) is 5.32 Å². The number of carbonyl (C=O) groups excluding carboxylic acids is 1. The predicted octanol–water partition coefficient (Wildman–Crippen LogP) is 1.52. The molecule has 0 aliphatic heterocycles. The molecule has 0 aliphatic carbocycles. The van der Waals surface area contributed by atoms with Crippen LogP contribution in [0.1, 0.15) is 17.3 Å². The van der Waals surface area contributed by atoms with E-state index in [1.54, 1.807) is 6.92 Å². The van der Waals surface area contributed by atoms with Gasteiger partial charge in [0.2, 0.25) is 0 Å². The summed E-state index contributed by atoms with van der Waals surface area (Å²) in [5, 5.41) is 2.62. The van der Waals surface area contributed by atoms with Crippen molar-refractivity contribution in [1.82, 2.24) is 0 Å². The highest BCUT2D eigenvalue weighted by molar-refractivity contribution is 5.98. The lowest BCUT2D eigenvalue weighted by Crippen LogP contribution is -2.14. The van der Waals surface area contributed by atoms with Gasteiger partial charge < -0.3 is 11.1 Å². The van der Waals surface area contributed by atoms with E-state index >= 15 is 0 Å². The van der Waals surface area contributed by atoms with E-state index in [0.29, 0.717) is 0 Å². The molecule has 1 radical (unpaired) electrons. The zero-order valence-corrected chi connectivity index (χ0v) is 7.17. The van der Waals surface area contributed by atoms with Crippen LogP contribution in [-0.2, 0) is 0 Å². The molecular formula is C9H10FN2O. The molecular weight excluding hydrogens is 171 g/mol. The van der Waals surface area contributed by atoms with Crippen molar-refractivity contribution in [3.8, 4) is 0 Å². The SMILES string of the molecule is C[CH]Nc1c(F)cccc1C(N)=O. The molecule has 1 aromatic rings. The van der Waals surface area contributed by atoms with Crippen molar-refractivity contribution in [2.24, 2.45) is 5.73 Å². The molecule has 0 aliphatic rings. The molecule has 69 valence electrons. The molecule has 3 N–H and O–H groups in total. The zero-order valence-electron chi connectivity index (χ0n) is 7.17. The summed E-state index contributed by atoms with van der Waals surface area (Å²) in [7, 11) is 0. The van der Waals surface area contributed by atoms with E-state index in [0.717, 1.165) is 0 Å². The van der Waals surface area contributed by atoms with Gasteiger partial charge in [-0.1, -0.05) is 6.07 Å². The molecule has 1 aromatic carbocycles. The molecule has 0 atom stereocenters. The van der Waals surface area contributed by atoms with Crippen LogP contribution >= 0.6 is 0 Å². The normalized spacial score (nSPS) is 9.69. The number of hydrogen-bond acceptors (Lipinski definition) is 2. The molecule has 0 bridgehead atoms. The van der Waals surface area contributed by atoms with Crippen LogP contribution in [0.5, 0.6) is 0 Å². The smallest absolute Gasteiger partial charge is 0.250 e. The lowest BCUT2D eigenvalue weighted by molar-refractivity contribution is 0.100. The van der Waals surface area contributed by atoms with Gasteiger partial charge in [0.15, 0.2) is 0 Å². The highest BCUT2D eigenvalue weighted by atomic mass is 19.1. The van der Waals surface area contributed by atoms with Crippen LogP contribution in [0.4, 0.5) is 10.1 Å². The first-order valence-electron chi connectivity index (χ1n) is 3.79. The van der Waals surface area contributed by atoms with E-state index in [1.165, 1.54) is 24.7 Å². The van der Waals surface area contributed by atoms with E-state index < -0.39 is 11.7 Å². The number of benzene rings is 1. The maximum absolute atomic E-state index is 13.1. The fourth-order valence-corrected chi connectivity index (χ4v) is 1.02. The summed E-state index contributed by atoms with van der Waals surface area (Å²) in [6.07, 6.45) is 0. The Kier molecular flexibility index (Phi) is 2.84. The number of amides is 1. The molecule has 1 amide bonds. The Bertz CT molecular complexity index is 325. The van der Waals surface area contributed by atoms with E-state index in [9.17, 15) is 9.18 Å². The Morgan fingerprint density at radius 1 is 1.62 bits per heavy atom. The van der Waals surface area contributed by atoms with E-state index in [4.69, 9.17) is 5.73 Å². The second-order valence-electron chi connectivity index (χ2n) is 2.46. The van der Waals surface area contributed by atoms with E-state index in [-0.39, 0.29) is 11.3 Å². The predicted molar refractivity (Wildman–Crippen MR) is 48.5 cm³/mol. The number of carbonyl (C=O) groups is 1. The van der Waals surface area contributed by atoms with Gasteiger partial charge in [-0.2, -0.15) is 0 Å². The number of halogens is 1. The van der Waals surface area contributed by atoms with Gasteiger partial charge in [0.05, 0.1) is 11.3 Å². The summed E-state index contributed by atoms with van der Waals surface area (Å²) >= 11 is 0. The molecule has 0 aromatic heterocycles. The van der Waals surface area contributed by atoms with Gasteiger partial charge in [-0.25, -0.2) is 4.39 Å². The van der Waals surface area contributed by atoms with Crippen LogP contribution in [0, 0.1) is 12.4 Å². The highest BCUT2D eigenvalue weighted by Gasteiger charge is 2.10. The molecule has 4 heteroatoms. The minimum Gasteiger partial charge on any atom is -0.378 e. The van der Waals surface area contributed by atoms with Crippen molar-refractivity contribution in [3.63, 3.8) is 0 Å². The van der Waals surface area contributed by atoms with Crippen LogP contribution in [0.15, 0.2) is 18.2 Å². The minimum absolute atomic E-state index is 0.123. The van der Waals surface area contributed by atoms with Crippen LogP contribution < -0.4 is 11.1 Å². The van der Waals surface area contributed by atoms with Crippen LogP contribution in [0.25, 0.3) is 0 Å². The van der Waals surface area contributed by atoms with Crippen molar-refractivity contribution in [2.75, 3.05) is 5.32 Å². The Morgan fingerprint density at radius 3 is 2.85 bits per heavy atom. The lowest BCUT2D eigenvalue weighted by Gasteiger charge is -2.07. The third kappa shape index (κ3) is 1.96. The zero-order chi connectivity index (χ0) is 9.84. The number of nitrogens with two attached hydrogens (primary N) is 1. The Balaban J connectivity index is 3.17.